The molecule has 0 spiro atoms. The van der Waals surface area contributed by atoms with Crippen LogP contribution in [0.1, 0.15) is 279 Å². The minimum absolute atomic E-state index is 0.404. The van der Waals surface area contributed by atoms with E-state index in [0.717, 1.165) is 26.2 Å². The van der Waals surface area contributed by atoms with Crippen LogP contribution in [-0.2, 0) is 4.74 Å². The van der Waals surface area contributed by atoms with Gasteiger partial charge in [-0.1, -0.05) is 234 Å². The van der Waals surface area contributed by atoms with Gasteiger partial charge in [0.1, 0.15) is 0 Å². The van der Waals surface area contributed by atoms with Crippen LogP contribution in [0.5, 0.6) is 12.0 Å². The predicted molar refractivity (Wildman–Crippen MR) is 265 cm³/mol. The van der Waals surface area contributed by atoms with Gasteiger partial charge in [0, 0.05) is 19.8 Å². The average molecular weight is 859 g/mol. The Bertz CT molecular complexity index is 974. The quantitative estimate of drug-likeness (QED) is 0.0654. The molecular formula is C54H106N4O3. The lowest BCUT2D eigenvalue weighted by Gasteiger charge is -2.19. The van der Waals surface area contributed by atoms with Gasteiger partial charge >= 0.3 is 12.0 Å². The number of rotatable bonds is 49. The van der Waals surface area contributed by atoms with E-state index >= 15 is 0 Å². The van der Waals surface area contributed by atoms with Crippen LogP contribution in [0.4, 0.5) is 5.95 Å². The van der Waals surface area contributed by atoms with Crippen LogP contribution in [0, 0.1) is 17.8 Å². The average Bonchev–Trinajstić information content (AvgIpc) is 3.27. The molecule has 1 heterocycles. The third-order valence-electron chi connectivity index (χ3n) is 12.9. The Morgan fingerprint density at radius 2 is 0.639 bits per heavy atom. The lowest BCUT2D eigenvalue weighted by atomic mass is 9.95. The molecule has 0 aliphatic carbocycles. The van der Waals surface area contributed by atoms with Crippen molar-refractivity contribution >= 4 is 5.95 Å². The molecule has 1 rings (SSSR count). The van der Waals surface area contributed by atoms with E-state index in [-0.39, 0.29) is 0 Å². The van der Waals surface area contributed by atoms with Gasteiger partial charge in [0.25, 0.3) is 0 Å². The van der Waals surface area contributed by atoms with Gasteiger partial charge in [-0.15, -0.1) is 4.98 Å². The molecule has 0 bridgehead atoms. The second-order valence-electron chi connectivity index (χ2n) is 19.0. The van der Waals surface area contributed by atoms with E-state index in [1.165, 1.54) is 231 Å². The SMILES string of the molecule is CCCCCCCCC(CCCCCC)COCCCNc1nc(OCC(CCCCCC)CCCCCCCC)nc(OCC(CCCCCC)CCCCCCCC)n1. The summed E-state index contributed by atoms with van der Waals surface area (Å²) in [7, 11) is 0. The zero-order valence-corrected chi connectivity index (χ0v) is 42.0. The number of hydrogen-bond acceptors (Lipinski definition) is 7. The minimum Gasteiger partial charge on any atom is -0.463 e. The molecule has 360 valence electrons. The monoisotopic (exact) mass is 859 g/mol. The number of aromatic nitrogens is 3. The van der Waals surface area contributed by atoms with Crippen molar-refractivity contribution in [3.8, 4) is 12.0 Å². The maximum absolute atomic E-state index is 6.48. The highest BCUT2D eigenvalue weighted by Gasteiger charge is 2.17. The van der Waals surface area contributed by atoms with Crippen molar-refractivity contribution < 1.29 is 14.2 Å². The predicted octanol–water partition coefficient (Wildman–Crippen LogP) is 17.5. The summed E-state index contributed by atoms with van der Waals surface area (Å²) < 4.78 is 19.3. The first-order valence-electron chi connectivity index (χ1n) is 27.4. The summed E-state index contributed by atoms with van der Waals surface area (Å²) in [5.74, 6) is 2.30. The number of nitrogens with one attached hydrogen (secondary N) is 1. The van der Waals surface area contributed by atoms with Gasteiger partial charge in [-0.25, -0.2) is 0 Å². The Labute approximate surface area is 381 Å². The molecule has 0 saturated carbocycles. The van der Waals surface area contributed by atoms with Crippen molar-refractivity contribution in [3.05, 3.63) is 0 Å². The second-order valence-corrected chi connectivity index (χ2v) is 19.0. The summed E-state index contributed by atoms with van der Waals surface area (Å²) in [6, 6.07) is 0.808. The number of nitrogens with zero attached hydrogens (tertiary/aromatic N) is 3. The molecule has 0 aromatic carbocycles. The second kappa shape index (κ2) is 45.0. The summed E-state index contributed by atoms with van der Waals surface area (Å²) in [5.41, 5.74) is 0. The van der Waals surface area contributed by atoms with E-state index in [0.29, 0.717) is 48.9 Å². The van der Waals surface area contributed by atoms with Crippen LogP contribution in [0.25, 0.3) is 0 Å². The summed E-state index contributed by atoms with van der Waals surface area (Å²) in [6.45, 7) is 17.5. The Morgan fingerprint density at radius 3 is 0.984 bits per heavy atom. The van der Waals surface area contributed by atoms with Gasteiger partial charge in [-0.05, 0) is 62.7 Å². The third-order valence-corrected chi connectivity index (χ3v) is 12.9. The smallest absolute Gasteiger partial charge is 0.324 e. The van der Waals surface area contributed by atoms with Gasteiger partial charge < -0.3 is 19.5 Å². The van der Waals surface area contributed by atoms with E-state index in [2.05, 4.69) is 46.9 Å². The topological polar surface area (TPSA) is 78.4 Å². The first-order chi connectivity index (χ1) is 30.1. The Kier molecular flexibility index (Phi) is 42.3. The van der Waals surface area contributed by atoms with Crippen molar-refractivity contribution in [2.45, 2.75) is 279 Å². The lowest BCUT2D eigenvalue weighted by molar-refractivity contribution is 0.0907. The van der Waals surface area contributed by atoms with Crippen LogP contribution < -0.4 is 14.8 Å². The molecule has 1 aromatic rings. The first-order valence-corrected chi connectivity index (χ1v) is 27.4. The van der Waals surface area contributed by atoms with Crippen molar-refractivity contribution in [3.63, 3.8) is 0 Å². The highest BCUT2D eigenvalue weighted by atomic mass is 16.5. The maximum atomic E-state index is 6.48. The van der Waals surface area contributed by atoms with E-state index in [9.17, 15) is 0 Å². The molecule has 0 saturated heterocycles. The Balaban J connectivity index is 2.95. The van der Waals surface area contributed by atoms with Crippen molar-refractivity contribution in [2.24, 2.45) is 17.8 Å². The molecule has 0 radical (unpaired) electrons. The standard InChI is InChI=1S/C54H106N4O3/c1-7-13-19-25-28-34-39-49(38-31-22-16-10-4)46-59-45-37-44-55-52-56-53(60-47-50(40-32-23-17-11-5)42-35-29-26-20-14-8-2)58-54(57-52)61-48-51(41-33-24-18-12-6)43-36-30-27-21-15-9-3/h49-51H,7-48H2,1-6H3,(H,55,56,57,58). The molecule has 7 nitrogen and oxygen atoms in total. The number of anilines is 1. The molecule has 1 N–H and O–H groups in total. The van der Waals surface area contributed by atoms with Crippen LogP contribution >= 0.6 is 0 Å². The van der Waals surface area contributed by atoms with E-state index in [1.54, 1.807) is 0 Å². The summed E-state index contributed by atoms with van der Waals surface area (Å²) in [4.78, 5) is 14.4. The highest BCUT2D eigenvalue weighted by Crippen LogP contribution is 2.24. The molecule has 0 amide bonds. The zero-order chi connectivity index (χ0) is 44.1. The van der Waals surface area contributed by atoms with E-state index in [1.807, 2.05) is 0 Å². The molecule has 61 heavy (non-hydrogen) atoms. The molecular weight excluding hydrogens is 753 g/mol. The summed E-state index contributed by atoms with van der Waals surface area (Å²) >= 11 is 0. The normalized spacial score (nSPS) is 13.1. The molecule has 1 aromatic heterocycles. The van der Waals surface area contributed by atoms with Gasteiger partial charge in [-0.3, -0.25) is 0 Å². The largest absolute Gasteiger partial charge is 0.463 e. The van der Waals surface area contributed by atoms with Gasteiger partial charge in [0.05, 0.1) is 13.2 Å². The third kappa shape index (κ3) is 36.4. The van der Waals surface area contributed by atoms with Gasteiger partial charge in [0.15, 0.2) is 0 Å². The van der Waals surface area contributed by atoms with Crippen LogP contribution in [0.2, 0.25) is 0 Å². The highest BCUT2D eigenvalue weighted by molar-refractivity contribution is 5.27. The number of ether oxygens (including phenoxy) is 3. The molecule has 0 fully saturated rings. The fourth-order valence-electron chi connectivity index (χ4n) is 8.71. The maximum Gasteiger partial charge on any atom is 0.324 e. The minimum atomic E-state index is 0.404. The molecule has 0 aliphatic rings. The van der Waals surface area contributed by atoms with Crippen molar-refractivity contribution in [1.82, 2.24) is 15.0 Å². The molecule has 0 aliphatic heterocycles. The fourth-order valence-corrected chi connectivity index (χ4v) is 8.71. The Morgan fingerprint density at radius 1 is 0.344 bits per heavy atom. The molecule has 3 atom stereocenters. The number of hydrogen-bond donors (Lipinski definition) is 1. The zero-order valence-electron chi connectivity index (χ0n) is 42.0. The first kappa shape index (κ1) is 57.4. The van der Waals surface area contributed by atoms with Crippen molar-refractivity contribution in [2.75, 3.05) is 38.3 Å². The van der Waals surface area contributed by atoms with Crippen LogP contribution in [-0.4, -0.2) is 47.9 Å². The van der Waals surface area contributed by atoms with Crippen molar-refractivity contribution in [1.29, 1.82) is 0 Å². The molecule has 3 unspecified atom stereocenters. The van der Waals surface area contributed by atoms with E-state index < -0.39 is 0 Å². The Hall–Kier alpha value is -1.63. The van der Waals surface area contributed by atoms with Gasteiger partial charge in [-0.2, -0.15) is 9.97 Å². The summed E-state index contributed by atoms with van der Waals surface area (Å²) in [5, 5.41) is 3.51. The number of unbranched alkanes of at least 4 members (excludes halogenated alkanes) is 24. The molecule has 7 heteroatoms. The lowest BCUT2D eigenvalue weighted by Crippen LogP contribution is -2.18. The van der Waals surface area contributed by atoms with Gasteiger partial charge in [0.2, 0.25) is 5.95 Å². The summed E-state index contributed by atoms with van der Waals surface area (Å²) in [6.07, 6.45) is 48.2. The van der Waals surface area contributed by atoms with Crippen LogP contribution in [0.3, 0.4) is 0 Å². The fraction of sp³-hybridized carbons (Fsp3) is 0.944. The van der Waals surface area contributed by atoms with E-state index in [4.69, 9.17) is 29.2 Å². The van der Waals surface area contributed by atoms with Crippen LogP contribution in [0.15, 0.2) is 0 Å².